The molecular weight excluding hydrogens is 256 g/mol. The van der Waals surface area contributed by atoms with Gasteiger partial charge in [0.1, 0.15) is 0 Å². The normalized spacial score (nSPS) is 17.6. The molecule has 1 aromatic rings. The largest absolute Gasteiger partial charge is 0.388 e. The predicted molar refractivity (Wildman–Crippen MR) is 88.7 cm³/mol. The van der Waals surface area contributed by atoms with Crippen LogP contribution in [0.3, 0.4) is 0 Å². The number of aliphatic hydroxyl groups is 1. The van der Waals surface area contributed by atoms with Crippen LogP contribution in [-0.2, 0) is 0 Å². The number of benzene rings is 1. The Morgan fingerprint density at radius 3 is 2.76 bits per heavy atom. The zero-order valence-electron chi connectivity index (χ0n) is 12.9. The van der Waals surface area contributed by atoms with Crippen LogP contribution >= 0.6 is 0 Å². The second-order valence-corrected chi connectivity index (χ2v) is 5.56. The third-order valence-electron chi connectivity index (χ3n) is 3.79. The van der Waals surface area contributed by atoms with Gasteiger partial charge in [0.15, 0.2) is 0 Å². The van der Waals surface area contributed by atoms with Crippen LogP contribution in [0.2, 0.25) is 0 Å². The smallest absolute Gasteiger partial charge is 0.0824 e. The van der Waals surface area contributed by atoms with Crippen molar-refractivity contribution in [2.75, 3.05) is 0 Å². The zero-order valence-corrected chi connectivity index (χ0v) is 12.9. The molecule has 21 heavy (non-hydrogen) atoms. The van der Waals surface area contributed by atoms with Crippen LogP contribution in [0.4, 0.5) is 0 Å². The molecule has 0 bridgehead atoms. The number of aliphatic hydroxyl groups excluding tert-OH is 1. The molecule has 110 valence electrons. The number of hydrogen-bond acceptors (Lipinski definition) is 1. The minimum atomic E-state index is -0.338. The minimum Gasteiger partial charge on any atom is -0.388 e. The van der Waals surface area contributed by atoms with Crippen molar-refractivity contribution in [1.82, 2.24) is 0 Å². The summed E-state index contributed by atoms with van der Waals surface area (Å²) in [7, 11) is 0. The van der Waals surface area contributed by atoms with Gasteiger partial charge in [-0.2, -0.15) is 0 Å². The number of rotatable bonds is 3. The lowest BCUT2D eigenvalue weighted by Gasteiger charge is -2.18. The van der Waals surface area contributed by atoms with E-state index >= 15 is 0 Å². The summed E-state index contributed by atoms with van der Waals surface area (Å²) in [6.45, 7) is 2.18. The van der Waals surface area contributed by atoms with Gasteiger partial charge in [0.25, 0.3) is 0 Å². The van der Waals surface area contributed by atoms with Gasteiger partial charge in [-0.25, -0.2) is 0 Å². The molecule has 1 aliphatic rings. The summed E-state index contributed by atoms with van der Waals surface area (Å²) in [5.74, 6) is 6.51. The van der Waals surface area contributed by atoms with Crippen LogP contribution in [0, 0.1) is 11.8 Å². The quantitative estimate of drug-likeness (QED) is 0.482. The molecule has 0 spiro atoms. The predicted octanol–water partition coefficient (Wildman–Crippen LogP) is 4.72. The first-order chi connectivity index (χ1) is 10.3. The summed E-state index contributed by atoms with van der Waals surface area (Å²) in [5, 5.41) is 10.1. The van der Waals surface area contributed by atoms with E-state index in [0.717, 1.165) is 55.2 Å². The summed E-state index contributed by atoms with van der Waals surface area (Å²) in [5.41, 5.74) is 6.44. The molecular formula is C20H24O. The molecule has 1 fully saturated rings. The van der Waals surface area contributed by atoms with E-state index < -0.39 is 0 Å². The van der Waals surface area contributed by atoms with Crippen molar-refractivity contribution < 1.29 is 5.11 Å². The van der Waals surface area contributed by atoms with Gasteiger partial charge < -0.3 is 5.11 Å². The van der Waals surface area contributed by atoms with Gasteiger partial charge >= 0.3 is 0 Å². The Hall–Kier alpha value is -1.74. The molecule has 2 rings (SSSR count). The molecule has 0 unspecified atom stereocenters. The monoisotopic (exact) mass is 280 g/mol. The van der Waals surface area contributed by atoms with E-state index in [4.69, 9.17) is 0 Å². The molecule has 0 aliphatic heterocycles. The van der Waals surface area contributed by atoms with Gasteiger partial charge in [0.05, 0.1) is 11.7 Å². The van der Waals surface area contributed by atoms with Crippen LogP contribution in [0.5, 0.6) is 0 Å². The summed E-state index contributed by atoms with van der Waals surface area (Å²) >= 11 is 0. The highest BCUT2D eigenvalue weighted by Gasteiger charge is 2.15. The highest BCUT2D eigenvalue weighted by Crippen LogP contribution is 2.24. The highest BCUT2D eigenvalue weighted by atomic mass is 16.3. The Kier molecular flexibility index (Phi) is 6.35. The first-order valence-corrected chi connectivity index (χ1v) is 8.03. The second-order valence-electron chi connectivity index (χ2n) is 5.56. The standard InChI is InChI=1S/C20H24O/c1-2-3-4-6-13-18(17-11-7-5-8-12-17)16-19-14-9-10-15-20(19)21/h5,7-8,11-12,20-21H,2-4,9-10,14-15H2,1H3/t16?,20-/m1/s1. The van der Waals surface area contributed by atoms with E-state index in [1.807, 2.05) is 18.2 Å². The average molecular weight is 280 g/mol. The molecule has 1 nitrogen and oxygen atoms in total. The van der Waals surface area contributed by atoms with Crippen LogP contribution in [0.25, 0.3) is 5.57 Å². The van der Waals surface area contributed by atoms with E-state index in [2.05, 4.69) is 36.6 Å². The Morgan fingerprint density at radius 1 is 1.24 bits per heavy atom. The van der Waals surface area contributed by atoms with E-state index in [9.17, 15) is 5.11 Å². The highest BCUT2D eigenvalue weighted by molar-refractivity contribution is 5.78. The lowest BCUT2D eigenvalue weighted by Crippen LogP contribution is -2.14. The van der Waals surface area contributed by atoms with E-state index in [1.54, 1.807) is 0 Å². The summed E-state index contributed by atoms with van der Waals surface area (Å²) < 4.78 is 0. The first-order valence-electron chi connectivity index (χ1n) is 8.03. The Labute approximate surface area is 128 Å². The summed E-state index contributed by atoms with van der Waals surface area (Å²) in [6.07, 6.45) is 6.93. The molecule has 0 aromatic heterocycles. The van der Waals surface area contributed by atoms with Crippen LogP contribution in [-0.4, -0.2) is 11.2 Å². The zero-order chi connectivity index (χ0) is 14.9. The van der Waals surface area contributed by atoms with Crippen molar-refractivity contribution >= 4 is 5.57 Å². The number of hydrogen-bond donors (Lipinski definition) is 1. The van der Waals surface area contributed by atoms with Gasteiger partial charge in [-0.1, -0.05) is 61.9 Å². The molecule has 1 heteroatoms. The van der Waals surface area contributed by atoms with Crippen molar-refractivity contribution in [3.63, 3.8) is 0 Å². The van der Waals surface area contributed by atoms with Crippen molar-refractivity contribution in [3.05, 3.63) is 47.2 Å². The molecule has 0 amide bonds. The Bertz CT molecular complexity index is 565. The van der Waals surface area contributed by atoms with E-state index in [-0.39, 0.29) is 6.10 Å². The molecule has 0 saturated heterocycles. The first kappa shape index (κ1) is 15.6. The van der Waals surface area contributed by atoms with Gasteiger partial charge in [-0.15, -0.1) is 5.73 Å². The fourth-order valence-corrected chi connectivity index (χ4v) is 2.50. The maximum atomic E-state index is 10.1. The summed E-state index contributed by atoms with van der Waals surface area (Å²) in [4.78, 5) is 0. The fraction of sp³-hybridized carbons (Fsp3) is 0.450. The molecule has 1 saturated carbocycles. The maximum Gasteiger partial charge on any atom is 0.0824 e. The van der Waals surface area contributed by atoms with E-state index in [1.165, 1.54) is 6.42 Å². The lowest BCUT2D eigenvalue weighted by atomic mass is 9.91. The van der Waals surface area contributed by atoms with Gasteiger partial charge in [-0.3, -0.25) is 0 Å². The van der Waals surface area contributed by atoms with Crippen molar-refractivity contribution in [3.8, 4) is 11.8 Å². The molecule has 1 aliphatic carbocycles. The molecule has 1 aromatic carbocycles. The van der Waals surface area contributed by atoms with Crippen LogP contribution in [0.1, 0.15) is 57.4 Å². The Morgan fingerprint density at radius 2 is 2.05 bits per heavy atom. The topological polar surface area (TPSA) is 20.2 Å². The SMILES string of the molecule is CCCCC#CC(=C=C1CCCC[C@H]1O)c1ccccc1. The third-order valence-corrected chi connectivity index (χ3v) is 3.79. The van der Waals surface area contributed by atoms with Crippen LogP contribution < -0.4 is 0 Å². The van der Waals surface area contributed by atoms with Gasteiger partial charge in [0.2, 0.25) is 0 Å². The number of unbranched alkanes of at least 4 members (excludes halogenated alkanes) is 2. The molecule has 1 atom stereocenters. The second kappa shape index (κ2) is 8.53. The summed E-state index contributed by atoms with van der Waals surface area (Å²) in [6, 6.07) is 10.2. The van der Waals surface area contributed by atoms with Crippen molar-refractivity contribution in [2.45, 2.75) is 58.0 Å². The van der Waals surface area contributed by atoms with Gasteiger partial charge in [-0.05, 0) is 31.2 Å². The molecule has 1 N–H and O–H groups in total. The fourth-order valence-electron chi connectivity index (χ4n) is 2.50. The molecule has 0 radical (unpaired) electrons. The lowest BCUT2D eigenvalue weighted by molar-refractivity contribution is 0.179. The van der Waals surface area contributed by atoms with Gasteiger partial charge in [0, 0.05) is 12.0 Å². The average Bonchev–Trinajstić information content (AvgIpc) is 2.53. The maximum absolute atomic E-state index is 10.1. The molecule has 0 heterocycles. The van der Waals surface area contributed by atoms with Crippen LogP contribution in [0.15, 0.2) is 41.6 Å². The van der Waals surface area contributed by atoms with E-state index in [0.29, 0.717) is 0 Å². The third kappa shape index (κ3) is 4.94. The van der Waals surface area contributed by atoms with Crippen molar-refractivity contribution in [2.24, 2.45) is 0 Å². The van der Waals surface area contributed by atoms with Crippen molar-refractivity contribution in [1.29, 1.82) is 0 Å². The minimum absolute atomic E-state index is 0.338. The Balaban J connectivity index is 2.35.